The summed E-state index contributed by atoms with van der Waals surface area (Å²) < 4.78 is 0. The quantitative estimate of drug-likeness (QED) is 0.739. The number of aromatic nitrogens is 1. The van der Waals surface area contributed by atoms with E-state index in [0.29, 0.717) is 0 Å². The van der Waals surface area contributed by atoms with E-state index in [1.165, 1.54) is 0 Å². The zero-order valence-electron chi connectivity index (χ0n) is 7.97. The minimum atomic E-state index is -0.103. The summed E-state index contributed by atoms with van der Waals surface area (Å²) in [5.41, 5.74) is 2.00. The zero-order valence-corrected chi connectivity index (χ0v) is 8.79. The molecule has 0 aliphatic rings. The van der Waals surface area contributed by atoms with Gasteiger partial charge in [-0.1, -0.05) is 24.0 Å². The molecule has 1 heterocycles. The van der Waals surface area contributed by atoms with Crippen molar-refractivity contribution in [2.45, 2.75) is 0 Å². The fourth-order valence-electron chi connectivity index (χ4n) is 1.20. The summed E-state index contributed by atoms with van der Waals surface area (Å²) in [6.45, 7) is -0.103. The molecule has 0 spiro atoms. The SMILES string of the molecule is OCC#Cc1ccc(-c2nccs2)cc1. The van der Waals surface area contributed by atoms with Gasteiger partial charge in [-0.05, 0) is 12.1 Å². The molecule has 0 atom stereocenters. The first-order chi connectivity index (χ1) is 7.40. The zero-order chi connectivity index (χ0) is 10.5. The molecular weight excluding hydrogens is 206 g/mol. The van der Waals surface area contributed by atoms with Crippen LogP contribution in [-0.2, 0) is 0 Å². The third-order valence-electron chi connectivity index (χ3n) is 1.88. The van der Waals surface area contributed by atoms with Gasteiger partial charge in [-0.15, -0.1) is 11.3 Å². The largest absolute Gasteiger partial charge is 0.384 e. The Labute approximate surface area is 92.2 Å². The Bertz CT molecular complexity index is 477. The second kappa shape index (κ2) is 4.74. The number of aliphatic hydroxyl groups excluding tert-OH is 1. The maximum atomic E-state index is 8.55. The van der Waals surface area contributed by atoms with Gasteiger partial charge in [0, 0.05) is 22.7 Å². The number of hydrogen-bond acceptors (Lipinski definition) is 3. The van der Waals surface area contributed by atoms with Crippen LogP contribution >= 0.6 is 11.3 Å². The number of aliphatic hydroxyl groups is 1. The Hall–Kier alpha value is -1.63. The average molecular weight is 215 g/mol. The Morgan fingerprint density at radius 3 is 2.67 bits per heavy atom. The van der Waals surface area contributed by atoms with Crippen LogP contribution in [0.25, 0.3) is 10.6 Å². The number of nitrogens with zero attached hydrogens (tertiary/aromatic N) is 1. The van der Waals surface area contributed by atoms with E-state index in [2.05, 4.69) is 16.8 Å². The lowest BCUT2D eigenvalue weighted by Gasteiger charge is -1.95. The number of hydrogen-bond donors (Lipinski definition) is 1. The van der Waals surface area contributed by atoms with Gasteiger partial charge in [-0.25, -0.2) is 4.98 Å². The summed E-state index contributed by atoms with van der Waals surface area (Å²) in [6.07, 6.45) is 1.79. The van der Waals surface area contributed by atoms with Crippen LogP contribution < -0.4 is 0 Å². The molecule has 0 amide bonds. The highest BCUT2D eigenvalue weighted by Gasteiger charge is 1.98. The van der Waals surface area contributed by atoms with E-state index in [1.54, 1.807) is 17.5 Å². The third kappa shape index (κ3) is 2.44. The van der Waals surface area contributed by atoms with Crippen molar-refractivity contribution in [3.8, 4) is 22.4 Å². The molecule has 0 unspecified atom stereocenters. The molecule has 2 aromatic rings. The van der Waals surface area contributed by atoms with Crippen molar-refractivity contribution < 1.29 is 5.11 Å². The van der Waals surface area contributed by atoms with Gasteiger partial charge < -0.3 is 5.11 Å². The number of benzene rings is 1. The molecule has 1 aromatic carbocycles. The Morgan fingerprint density at radius 1 is 1.27 bits per heavy atom. The minimum Gasteiger partial charge on any atom is -0.384 e. The van der Waals surface area contributed by atoms with Crippen LogP contribution in [0.15, 0.2) is 35.8 Å². The molecule has 15 heavy (non-hydrogen) atoms. The van der Waals surface area contributed by atoms with Crippen LogP contribution in [0.4, 0.5) is 0 Å². The fourth-order valence-corrected chi connectivity index (χ4v) is 1.85. The van der Waals surface area contributed by atoms with Crippen molar-refractivity contribution in [3.63, 3.8) is 0 Å². The van der Waals surface area contributed by atoms with Crippen molar-refractivity contribution >= 4 is 11.3 Å². The first-order valence-electron chi connectivity index (χ1n) is 4.50. The van der Waals surface area contributed by atoms with Crippen molar-refractivity contribution in [1.82, 2.24) is 4.98 Å². The molecule has 0 saturated heterocycles. The molecule has 74 valence electrons. The van der Waals surface area contributed by atoms with Gasteiger partial charge in [0.1, 0.15) is 11.6 Å². The van der Waals surface area contributed by atoms with Gasteiger partial charge in [-0.3, -0.25) is 0 Å². The third-order valence-corrected chi connectivity index (χ3v) is 2.70. The summed E-state index contributed by atoms with van der Waals surface area (Å²) in [7, 11) is 0. The normalized spacial score (nSPS) is 9.40. The second-order valence-corrected chi connectivity index (χ2v) is 3.77. The Kier molecular flexibility index (Phi) is 3.13. The van der Waals surface area contributed by atoms with Gasteiger partial charge in [0.05, 0.1) is 0 Å². The summed E-state index contributed by atoms with van der Waals surface area (Å²) in [4.78, 5) is 4.22. The lowest BCUT2D eigenvalue weighted by molar-refractivity contribution is 0.350. The smallest absolute Gasteiger partial charge is 0.123 e. The molecular formula is C12H9NOS. The van der Waals surface area contributed by atoms with Gasteiger partial charge >= 0.3 is 0 Å². The molecule has 1 N–H and O–H groups in total. The lowest BCUT2D eigenvalue weighted by atomic mass is 10.1. The van der Waals surface area contributed by atoms with E-state index in [4.69, 9.17) is 5.11 Å². The monoisotopic (exact) mass is 215 g/mol. The summed E-state index contributed by atoms with van der Waals surface area (Å²) >= 11 is 1.61. The molecule has 3 heteroatoms. The predicted octanol–water partition coefficient (Wildman–Crippen LogP) is 2.15. The summed E-state index contributed by atoms with van der Waals surface area (Å²) in [5, 5.41) is 11.5. The highest BCUT2D eigenvalue weighted by atomic mass is 32.1. The first kappa shape index (κ1) is 9.91. The molecule has 0 aliphatic carbocycles. The predicted molar refractivity (Wildman–Crippen MR) is 61.5 cm³/mol. The number of thiazole rings is 1. The van der Waals surface area contributed by atoms with Crippen LogP contribution in [-0.4, -0.2) is 16.7 Å². The van der Waals surface area contributed by atoms with E-state index in [0.717, 1.165) is 16.1 Å². The maximum absolute atomic E-state index is 8.55. The molecule has 2 rings (SSSR count). The second-order valence-electron chi connectivity index (χ2n) is 2.87. The van der Waals surface area contributed by atoms with E-state index < -0.39 is 0 Å². The fraction of sp³-hybridized carbons (Fsp3) is 0.0833. The van der Waals surface area contributed by atoms with Gasteiger partial charge in [0.15, 0.2) is 0 Å². The van der Waals surface area contributed by atoms with E-state index in [9.17, 15) is 0 Å². The summed E-state index contributed by atoms with van der Waals surface area (Å²) in [6, 6.07) is 7.83. The average Bonchev–Trinajstić information content (AvgIpc) is 2.80. The standard InChI is InChI=1S/C12H9NOS/c14-8-1-2-10-3-5-11(6-4-10)12-13-7-9-15-12/h3-7,9,14H,8H2. The number of rotatable bonds is 1. The minimum absolute atomic E-state index is 0.103. The Morgan fingerprint density at radius 2 is 2.07 bits per heavy atom. The van der Waals surface area contributed by atoms with E-state index in [1.807, 2.05) is 29.6 Å². The molecule has 0 fully saturated rings. The van der Waals surface area contributed by atoms with Crippen LogP contribution in [0, 0.1) is 11.8 Å². The van der Waals surface area contributed by atoms with Crippen LogP contribution in [0.1, 0.15) is 5.56 Å². The first-order valence-corrected chi connectivity index (χ1v) is 5.38. The van der Waals surface area contributed by atoms with Crippen LogP contribution in [0.2, 0.25) is 0 Å². The highest BCUT2D eigenvalue weighted by Crippen LogP contribution is 2.21. The van der Waals surface area contributed by atoms with E-state index in [-0.39, 0.29) is 6.61 Å². The lowest BCUT2D eigenvalue weighted by Crippen LogP contribution is -1.78. The molecule has 0 saturated carbocycles. The van der Waals surface area contributed by atoms with Crippen molar-refractivity contribution in [2.75, 3.05) is 6.61 Å². The van der Waals surface area contributed by atoms with Crippen LogP contribution in [0.5, 0.6) is 0 Å². The molecule has 0 bridgehead atoms. The molecule has 2 nitrogen and oxygen atoms in total. The molecule has 1 aromatic heterocycles. The summed E-state index contributed by atoms with van der Waals surface area (Å²) in [5.74, 6) is 5.46. The Balaban J connectivity index is 2.25. The van der Waals surface area contributed by atoms with Crippen molar-refractivity contribution in [1.29, 1.82) is 0 Å². The molecule has 0 aliphatic heterocycles. The van der Waals surface area contributed by atoms with Gasteiger partial charge in [0.25, 0.3) is 0 Å². The maximum Gasteiger partial charge on any atom is 0.123 e. The van der Waals surface area contributed by atoms with Gasteiger partial charge in [-0.2, -0.15) is 0 Å². The highest BCUT2D eigenvalue weighted by molar-refractivity contribution is 7.13. The van der Waals surface area contributed by atoms with Crippen molar-refractivity contribution in [2.24, 2.45) is 0 Å². The molecule has 0 radical (unpaired) electrons. The van der Waals surface area contributed by atoms with E-state index >= 15 is 0 Å². The van der Waals surface area contributed by atoms with Crippen LogP contribution in [0.3, 0.4) is 0 Å². The van der Waals surface area contributed by atoms with Gasteiger partial charge in [0.2, 0.25) is 0 Å². The van der Waals surface area contributed by atoms with Crippen molar-refractivity contribution in [3.05, 3.63) is 41.4 Å². The topological polar surface area (TPSA) is 33.1 Å².